The highest BCUT2D eigenvalue weighted by atomic mass is 35.5. The number of hydrogen-bond acceptors (Lipinski definition) is 4. The van der Waals surface area contributed by atoms with Gasteiger partial charge in [0.1, 0.15) is 16.8 Å². The molecule has 5 heteroatoms. The summed E-state index contributed by atoms with van der Waals surface area (Å²) in [6.45, 7) is 4.36. The molecule has 0 aliphatic heterocycles. The number of aldehydes is 1. The molecule has 1 aromatic heterocycles. The normalized spacial score (nSPS) is 10.3. The molecule has 4 nitrogen and oxygen atoms in total. The number of hydrogen-bond donors (Lipinski definition) is 1. The molecule has 0 spiro atoms. The maximum absolute atomic E-state index is 11.0. The van der Waals surface area contributed by atoms with Crippen LogP contribution in [0.25, 0.3) is 0 Å². The van der Waals surface area contributed by atoms with Crippen LogP contribution in [0.3, 0.4) is 0 Å². The van der Waals surface area contributed by atoms with Gasteiger partial charge in [-0.3, -0.25) is 4.79 Å². The Hall–Kier alpha value is -1.94. The SMILES string of the molecule is Cc1nc(Cl)c(C=O)c(NCc2ccccc2C)n1. The largest absolute Gasteiger partial charge is 0.365 e. The number of benzene rings is 1. The van der Waals surface area contributed by atoms with E-state index in [1.807, 2.05) is 31.2 Å². The van der Waals surface area contributed by atoms with Gasteiger partial charge in [-0.25, -0.2) is 9.97 Å². The van der Waals surface area contributed by atoms with Crippen LogP contribution in [0.5, 0.6) is 0 Å². The van der Waals surface area contributed by atoms with Gasteiger partial charge in [0.2, 0.25) is 0 Å². The van der Waals surface area contributed by atoms with Crippen LogP contribution in [-0.4, -0.2) is 16.3 Å². The van der Waals surface area contributed by atoms with Gasteiger partial charge in [0, 0.05) is 6.54 Å². The smallest absolute Gasteiger partial charge is 0.156 e. The maximum atomic E-state index is 11.0. The van der Waals surface area contributed by atoms with E-state index in [2.05, 4.69) is 15.3 Å². The van der Waals surface area contributed by atoms with Gasteiger partial charge < -0.3 is 5.32 Å². The van der Waals surface area contributed by atoms with Gasteiger partial charge in [0.15, 0.2) is 6.29 Å². The molecule has 2 aromatic rings. The van der Waals surface area contributed by atoms with Gasteiger partial charge in [-0.1, -0.05) is 35.9 Å². The zero-order chi connectivity index (χ0) is 13.8. The fourth-order valence-corrected chi connectivity index (χ4v) is 2.03. The predicted octanol–water partition coefficient (Wildman–Crippen LogP) is 3.17. The molecule has 1 heterocycles. The molecular formula is C14H14ClN3O. The van der Waals surface area contributed by atoms with Gasteiger partial charge in [0.05, 0.1) is 5.56 Å². The van der Waals surface area contributed by atoms with Crippen molar-refractivity contribution in [2.24, 2.45) is 0 Å². The summed E-state index contributed by atoms with van der Waals surface area (Å²) in [5.41, 5.74) is 2.62. The zero-order valence-corrected chi connectivity index (χ0v) is 11.5. The Morgan fingerprint density at radius 3 is 2.68 bits per heavy atom. The Morgan fingerprint density at radius 1 is 1.26 bits per heavy atom. The third-order valence-corrected chi connectivity index (χ3v) is 3.12. The van der Waals surface area contributed by atoms with Gasteiger partial charge in [-0.05, 0) is 25.0 Å². The Morgan fingerprint density at radius 2 is 2.00 bits per heavy atom. The monoisotopic (exact) mass is 275 g/mol. The van der Waals surface area contributed by atoms with E-state index in [4.69, 9.17) is 11.6 Å². The van der Waals surface area contributed by atoms with E-state index >= 15 is 0 Å². The number of anilines is 1. The number of carbonyl (C=O) groups excluding carboxylic acids is 1. The van der Waals surface area contributed by atoms with Gasteiger partial charge >= 0.3 is 0 Å². The summed E-state index contributed by atoms with van der Waals surface area (Å²) in [4.78, 5) is 19.2. The summed E-state index contributed by atoms with van der Waals surface area (Å²) in [7, 11) is 0. The summed E-state index contributed by atoms with van der Waals surface area (Å²) in [5, 5.41) is 3.31. The molecule has 2 rings (SSSR count). The molecule has 19 heavy (non-hydrogen) atoms. The quantitative estimate of drug-likeness (QED) is 0.688. The standard InChI is InChI=1S/C14H14ClN3O/c1-9-5-3-4-6-11(9)7-16-14-12(8-19)13(15)17-10(2)18-14/h3-6,8H,7H2,1-2H3,(H,16,17,18). The number of carbonyl (C=O) groups is 1. The van der Waals surface area contributed by atoms with E-state index in [1.54, 1.807) is 6.92 Å². The first-order valence-corrected chi connectivity index (χ1v) is 6.27. The van der Waals surface area contributed by atoms with Crippen molar-refractivity contribution >= 4 is 23.7 Å². The third-order valence-electron chi connectivity index (χ3n) is 2.84. The average Bonchev–Trinajstić information content (AvgIpc) is 2.37. The number of nitrogens with one attached hydrogen (secondary N) is 1. The van der Waals surface area contributed by atoms with Crippen LogP contribution in [-0.2, 0) is 6.54 Å². The number of rotatable bonds is 4. The molecule has 0 bridgehead atoms. The molecular weight excluding hydrogens is 262 g/mol. The van der Waals surface area contributed by atoms with E-state index in [0.717, 1.165) is 5.56 Å². The molecule has 0 fully saturated rings. The first kappa shape index (κ1) is 13.5. The molecule has 0 saturated carbocycles. The van der Waals surface area contributed by atoms with Crippen LogP contribution in [0.4, 0.5) is 5.82 Å². The molecule has 0 amide bonds. The molecule has 0 aliphatic carbocycles. The first-order chi connectivity index (χ1) is 9.11. The van der Waals surface area contributed by atoms with Crippen molar-refractivity contribution in [3.8, 4) is 0 Å². The third kappa shape index (κ3) is 3.09. The van der Waals surface area contributed by atoms with Crippen molar-refractivity contribution < 1.29 is 4.79 Å². The predicted molar refractivity (Wildman–Crippen MR) is 75.7 cm³/mol. The molecule has 0 atom stereocenters. The number of halogens is 1. The Balaban J connectivity index is 2.25. The van der Waals surface area contributed by atoms with Gasteiger partial charge in [-0.15, -0.1) is 0 Å². The number of aromatic nitrogens is 2. The minimum Gasteiger partial charge on any atom is -0.365 e. The van der Waals surface area contributed by atoms with Crippen LogP contribution >= 0.6 is 11.6 Å². The van der Waals surface area contributed by atoms with Crippen molar-refractivity contribution in [2.45, 2.75) is 20.4 Å². The van der Waals surface area contributed by atoms with Crippen molar-refractivity contribution in [2.75, 3.05) is 5.32 Å². The summed E-state index contributed by atoms with van der Waals surface area (Å²) in [6, 6.07) is 8.03. The van der Waals surface area contributed by atoms with Crippen LogP contribution in [0, 0.1) is 13.8 Å². The van der Waals surface area contributed by atoms with Crippen LogP contribution in [0.2, 0.25) is 5.15 Å². The van der Waals surface area contributed by atoms with E-state index in [9.17, 15) is 4.79 Å². The molecule has 98 valence electrons. The van der Waals surface area contributed by atoms with Crippen LogP contribution < -0.4 is 5.32 Å². The lowest BCUT2D eigenvalue weighted by Crippen LogP contribution is -2.08. The van der Waals surface area contributed by atoms with Crippen LogP contribution in [0.15, 0.2) is 24.3 Å². The average molecular weight is 276 g/mol. The Kier molecular flexibility index (Phi) is 4.12. The molecule has 0 saturated heterocycles. The lowest BCUT2D eigenvalue weighted by molar-refractivity contribution is 0.112. The molecule has 0 aliphatic rings. The highest BCUT2D eigenvalue weighted by Crippen LogP contribution is 2.20. The minimum atomic E-state index is 0.176. The second kappa shape index (κ2) is 5.80. The summed E-state index contributed by atoms with van der Waals surface area (Å²) in [6.07, 6.45) is 0.669. The molecule has 1 aromatic carbocycles. The number of aryl methyl sites for hydroxylation is 2. The summed E-state index contributed by atoms with van der Waals surface area (Å²) < 4.78 is 0. The Bertz CT molecular complexity index is 614. The van der Waals surface area contributed by atoms with Gasteiger partial charge in [-0.2, -0.15) is 0 Å². The molecule has 0 unspecified atom stereocenters. The van der Waals surface area contributed by atoms with Crippen molar-refractivity contribution in [1.82, 2.24) is 9.97 Å². The van der Waals surface area contributed by atoms with Crippen molar-refractivity contribution in [3.05, 3.63) is 51.9 Å². The van der Waals surface area contributed by atoms with Crippen molar-refractivity contribution in [3.63, 3.8) is 0 Å². The highest BCUT2D eigenvalue weighted by Gasteiger charge is 2.10. The van der Waals surface area contributed by atoms with Gasteiger partial charge in [0.25, 0.3) is 0 Å². The fourth-order valence-electron chi connectivity index (χ4n) is 1.77. The lowest BCUT2D eigenvalue weighted by Gasteiger charge is -2.11. The second-order valence-electron chi connectivity index (χ2n) is 4.22. The number of nitrogens with zero attached hydrogens (tertiary/aromatic N) is 2. The highest BCUT2D eigenvalue weighted by molar-refractivity contribution is 6.32. The molecule has 1 N–H and O–H groups in total. The topological polar surface area (TPSA) is 54.9 Å². The lowest BCUT2D eigenvalue weighted by atomic mass is 10.1. The maximum Gasteiger partial charge on any atom is 0.156 e. The fraction of sp³-hybridized carbons (Fsp3) is 0.214. The second-order valence-corrected chi connectivity index (χ2v) is 4.58. The minimum absolute atomic E-state index is 0.176. The van der Waals surface area contributed by atoms with E-state index in [1.165, 1.54) is 5.56 Å². The molecule has 0 radical (unpaired) electrons. The zero-order valence-electron chi connectivity index (χ0n) is 10.8. The van der Waals surface area contributed by atoms with E-state index in [0.29, 0.717) is 30.0 Å². The van der Waals surface area contributed by atoms with E-state index in [-0.39, 0.29) is 5.15 Å². The van der Waals surface area contributed by atoms with Crippen molar-refractivity contribution in [1.29, 1.82) is 0 Å². The van der Waals surface area contributed by atoms with E-state index < -0.39 is 0 Å². The summed E-state index contributed by atoms with van der Waals surface area (Å²) in [5.74, 6) is 0.999. The Labute approximate surface area is 116 Å². The van der Waals surface area contributed by atoms with Crippen LogP contribution in [0.1, 0.15) is 27.3 Å². The first-order valence-electron chi connectivity index (χ1n) is 5.89. The summed E-state index contributed by atoms with van der Waals surface area (Å²) >= 11 is 5.93.